The number of benzene rings is 1. The Balaban J connectivity index is 1.81. The van der Waals surface area contributed by atoms with Crippen LogP contribution in [0.1, 0.15) is 17.0 Å². The maximum atomic E-state index is 12.2. The second-order valence-corrected chi connectivity index (χ2v) is 6.76. The van der Waals surface area contributed by atoms with Gasteiger partial charge in [0, 0.05) is 28.9 Å². The molecule has 6 nitrogen and oxygen atoms in total. The molecule has 0 aliphatic carbocycles. The smallest absolute Gasteiger partial charge is 0.289 e. The quantitative estimate of drug-likeness (QED) is 0.532. The van der Waals surface area contributed by atoms with Crippen molar-refractivity contribution >= 4 is 11.3 Å². The van der Waals surface area contributed by atoms with Gasteiger partial charge in [0.25, 0.3) is 5.69 Å². The average molecular weight is 352 g/mol. The number of hydrogen-bond acceptors (Lipinski definition) is 5. The molecule has 0 bridgehead atoms. The summed E-state index contributed by atoms with van der Waals surface area (Å²) in [6.45, 7) is 6.06. The SMILES string of the molecule is Cc1ccc(-[n+]2noc([O-])c2-c2csc(-n3c(C)ccc3C)n2)cc1. The van der Waals surface area contributed by atoms with Crippen molar-refractivity contribution in [2.45, 2.75) is 20.8 Å². The number of hydrogen-bond donors (Lipinski definition) is 0. The lowest BCUT2D eigenvalue weighted by molar-refractivity contribution is -0.660. The molecule has 3 heterocycles. The van der Waals surface area contributed by atoms with Gasteiger partial charge in [-0.15, -0.1) is 11.3 Å². The zero-order valence-electron chi connectivity index (χ0n) is 14.1. The lowest BCUT2D eigenvalue weighted by Gasteiger charge is -2.03. The number of aryl methyl sites for hydroxylation is 3. The molecule has 7 heteroatoms. The van der Waals surface area contributed by atoms with E-state index in [0.717, 1.165) is 27.8 Å². The summed E-state index contributed by atoms with van der Waals surface area (Å²) in [6, 6.07) is 11.8. The Bertz CT molecular complexity index is 1020. The molecule has 0 saturated carbocycles. The van der Waals surface area contributed by atoms with Crippen molar-refractivity contribution in [2.24, 2.45) is 0 Å². The molecule has 4 aromatic rings. The van der Waals surface area contributed by atoms with Crippen molar-refractivity contribution < 1.29 is 14.3 Å². The number of nitrogens with zero attached hydrogens (tertiary/aromatic N) is 4. The fourth-order valence-electron chi connectivity index (χ4n) is 2.77. The summed E-state index contributed by atoms with van der Waals surface area (Å²) in [6.07, 6.45) is 0. The molecule has 25 heavy (non-hydrogen) atoms. The normalized spacial score (nSPS) is 11.2. The monoisotopic (exact) mass is 352 g/mol. The average Bonchev–Trinajstić information content (AvgIpc) is 3.28. The molecule has 0 aliphatic heterocycles. The predicted octanol–water partition coefficient (Wildman–Crippen LogP) is 2.86. The van der Waals surface area contributed by atoms with Gasteiger partial charge in [0.05, 0.1) is 5.27 Å². The van der Waals surface area contributed by atoms with Crippen molar-refractivity contribution in [3.8, 4) is 28.2 Å². The van der Waals surface area contributed by atoms with Crippen LogP contribution in [0.2, 0.25) is 0 Å². The molecule has 0 radical (unpaired) electrons. The van der Waals surface area contributed by atoms with E-state index >= 15 is 0 Å². The highest BCUT2D eigenvalue weighted by molar-refractivity contribution is 7.12. The van der Waals surface area contributed by atoms with Crippen LogP contribution < -0.4 is 9.79 Å². The van der Waals surface area contributed by atoms with Crippen LogP contribution in [0.15, 0.2) is 46.3 Å². The number of thiazole rings is 1. The molecule has 1 aromatic carbocycles. The first kappa shape index (κ1) is 15.6. The Kier molecular flexibility index (Phi) is 3.65. The largest absolute Gasteiger partial charge is 0.539 e. The third kappa shape index (κ3) is 2.62. The summed E-state index contributed by atoms with van der Waals surface area (Å²) in [5, 5.41) is 18.8. The van der Waals surface area contributed by atoms with Gasteiger partial charge in [-0.1, -0.05) is 17.7 Å². The van der Waals surface area contributed by atoms with Gasteiger partial charge in [-0.05, 0) is 37.6 Å². The molecule has 0 spiro atoms. The van der Waals surface area contributed by atoms with Crippen LogP contribution in [0.4, 0.5) is 0 Å². The van der Waals surface area contributed by atoms with E-state index in [1.165, 1.54) is 16.0 Å². The second-order valence-electron chi connectivity index (χ2n) is 5.92. The van der Waals surface area contributed by atoms with Crippen LogP contribution in [0, 0.1) is 20.8 Å². The fourth-order valence-corrected chi connectivity index (χ4v) is 3.70. The molecule has 0 atom stereocenters. The molecule has 0 fully saturated rings. The van der Waals surface area contributed by atoms with E-state index < -0.39 is 5.95 Å². The highest BCUT2D eigenvalue weighted by Gasteiger charge is 2.25. The Morgan fingerprint density at radius 3 is 2.40 bits per heavy atom. The summed E-state index contributed by atoms with van der Waals surface area (Å²) < 4.78 is 8.45. The first-order chi connectivity index (χ1) is 12.0. The van der Waals surface area contributed by atoms with Gasteiger partial charge >= 0.3 is 0 Å². The molecule has 0 N–H and O–H groups in total. The van der Waals surface area contributed by atoms with Gasteiger partial charge in [-0.2, -0.15) is 0 Å². The van der Waals surface area contributed by atoms with E-state index in [0.29, 0.717) is 11.4 Å². The maximum absolute atomic E-state index is 12.2. The van der Waals surface area contributed by atoms with Gasteiger partial charge in [0.2, 0.25) is 5.69 Å². The first-order valence-electron chi connectivity index (χ1n) is 7.82. The third-order valence-electron chi connectivity index (χ3n) is 4.09. The fraction of sp³-hybridized carbons (Fsp3) is 0.167. The standard InChI is InChI=1S/C18H16N4O2S/c1-11-4-8-14(9-5-11)22-16(17(23)24-20-22)15-10-25-18(19-15)21-12(2)6-7-13(21)3/h4-10H,1-3H3. The van der Waals surface area contributed by atoms with E-state index in [4.69, 9.17) is 4.52 Å². The summed E-state index contributed by atoms with van der Waals surface area (Å²) in [7, 11) is 0. The Morgan fingerprint density at radius 1 is 1.04 bits per heavy atom. The van der Waals surface area contributed by atoms with Crippen LogP contribution in [0.3, 0.4) is 0 Å². The summed E-state index contributed by atoms with van der Waals surface area (Å²) in [5.74, 6) is -0.502. The van der Waals surface area contributed by atoms with E-state index in [9.17, 15) is 5.11 Å². The van der Waals surface area contributed by atoms with Crippen molar-refractivity contribution in [1.82, 2.24) is 14.8 Å². The van der Waals surface area contributed by atoms with Gasteiger partial charge in [-0.3, -0.25) is 4.57 Å². The van der Waals surface area contributed by atoms with Crippen LogP contribution in [0.25, 0.3) is 22.2 Å². The molecule has 3 aromatic heterocycles. The molecular weight excluding hydrogens is 336 g/mol. The van der Waals surface area contributed by atoms with Gasteiger partial charge in [-0.25, -0.2) is 4.98 Å². The van der Waals surface area contributed by atoms with Crippen LogP contribution in [0.5, 0.6) is 5.95 Å². The highest BCUT2D eigenvalue weighted by atomic mass is 32.1. The third-order valence-corrected chi connectivity index (χ3v) is 4.91. The lowest BCUT2D eigenvalue weighted by Crippen LogP contribution is -2.34. The minimum atomic E-state index is -0.502. The van der Waals surface area contributed by atoms with Crippen molar-refractivity contribution in [3.63, 3.8) is 0 Å². The highest BCUT2D eigenvalue weighted by Crippen LogP contribution is 2.28. The Labute approximate surface area is 148 Å². The Hall–Kier alpha value is -2.93. The first-order valence-corrected chi connectivity index (χ1v) is 8.70. The minimum Gasteiger partial charge on any atom is -0.539 e. The molecule has 4 rings (SSSR count). The predicted molar refractivity (Wildman–Crippen MR) is 92.1 cm³/mol. The van der Waals surface area contributed by atoms with Crippen LogP contribution >= 0.6 is 11.3 Å². The van der Waals surface area contributed by atoms with Gasteiger partial charge < -0.3 is 9.63 Å². The molecule has 0 saturated heterocycles. The van der Waals surface area contributed by atoms with Crippen LogP contribution in [-0.4, -0.2) is 14.8 Å². The molecule has 0 unspecified atom stereocenters. The van der Waals surface area contributed by atoms with Crippen molar-refractivity contribution in [3.05, 3.63) is 58.7 Å². The molecule has 0 aliphatic rings. The Morgan fingerprint density at radius 2 is 1.72 bits per heavy atom. The summed E-state index contributed by atoms with van der Waals surface area (Å²) in [4.78, 5) is 4.64. The molecule has 0 amide bonds. The van der Waals surface area contributed by atoms with E-state index in [1.807, 2.05) is 62.5 Å². The number of aromatic nitrogens is 4. The van der Waals surface area contributed by atoms with Gasteiger partial charge in [0.1, 0.15) is 0 Å². The minimum absolute atomic E-state index is 0.328. The van der Waals surface area contributed by atoms with Gasteiger partial charge in [0.15, 0.2) is 16.8 Å². The van der Waals surface area contributed by atoms with E-state index in [1.54, 1.807) is 0 Å². The molecular formula is C18H16N4O2S. The zero-order valence-corrected chi connectivity index (χ0v) is 14.9. The van der Waals surface area contributed by atoms with Crippen molar-refractivity contribution in [2.75, 3.05) is 0 Å². The zero-order chi connectivity index (χ0) is 17.6. The second kappa shape index (κ2) is 5.86. The maximum Gasteiger partial charge on any atom is 0.289 e. The number of rotatable bonds is 3. The van der Waals surface area contributed by atoms with Crippen LogP contribution in [-0.2, 0) is 0 Å². The lowest BCUT2D eigenvalue weighted by atomic mass is 10.2. The molecule has 126 valence electrons. The van der Waals surface area contributed by atoms with E-state index in [2.05, 4.69) is 14.8 Å². The summed E-state index contributed by atoms with van der Waals surface area (Å²) in [5.41, 5.74) is 4.96. The topological polar surface area (TPSA) is 70.8 Å². The van der Waals surface area contributed by atoms with E-state index in [-0.39, 0.29) is 0 Å². The van der Waals surface area contributed by atoms with Crippen molar-refractivity contribution in [1.29, 1.82) is 0 Å². The summed E-state index contributed by atoms with van der Waals surface area (Å²) >= 11 is 1.48.